The van der Waals surface area contributed by atoms with Gasteiger partial charge in [-0.05, 0) is 74.4 Å². The van der Waals surface area contributed by atoms with Crippen LogP contribution in [0.5, 0.6) is 11.5 Å². The maximum absolute atomic E-state index is 12.6. The summed E-state index contributed by atoms with van der Waals surface area (Å²) >= 11 is 0. The Morgan fingerprint density at radius 2 is 1.86 bits per heavy atom. The fraction of sp³-hybridized carbons (Fsp3) is 0.207. The first kappa shape index (κ1) is 24.3. The molecule has 0 fully saturated rings. The lowest BCUT2D eigenvalue weighted by molar-refractivity contribution is 0.0945. The van der Waals surface area contributed by atoms with Crippen molar-refractivity contribution in [1.82, 2.24) is 15.3 Å². The molecule has 4 aromatic rings. The van der Waals surface area contributed by atoms with Crippen molar-refractivity contribution in [3.8, 4) is 22.8 Å². The molecule has 3 heterocycles. The van der Waals surface area contributed by atoms with Gasteiger partial charge < -0.3 is 25.8 Å². The second-order valence-electron chi connectivity index (χ2n) is 8.95. The number of carbonyl (C=O) groups is 1. The Kier molecular flexibility index (Phi) is 7.28. The van der Waals surface area contributed by atoms with Gasteiger partial charge in [0.15, 0.2) is 0 Å². The van der Waals surface area contributed by atoms with Gasteiger partial charge in [0.25, 0.3) is 5.91 Å². The number of ether oxygens (including phenoxy) is 2. The highest BCUT2D eigenvalue weighted by molar-refractivity contribution is 5.96. The Morgan fingerprint density at radius 3 is 2.70 bits per heavy atom. The summed E-state index contributed by atoms with van der Waals surface area (Å²) in [6.45, 7) is 3.54. The minimum absolute atomic E-state index is 0.156. The third-order valence-electron chi connectivity index (χ3n) is 6.07. The van der Waals surface area contributed by atoms with Crippen molar-refractivity contribution in [2.24, 2.45) is 0 Å². The standard InChI is InChI=1S/C29H29N5O3/c1-19-4-8-23(9-5-19)37-27-11-7-22-16-21(27)18-36-15-3-2-13-31-28(35)20-6-10-24(25(30)17-20)26-12-14-32-29(33-22)34-26/h4-12,14,16-17H,2-3,13,15,18,30H2,1H3,(H,31,35)(H,32,33,34). The van der Waals surface area contributed by atoms with Gasteiger partial charge in [-0.15, -0.1) is 0 Å². The van der Waals surface area contributed by atoms with E-state index < -0.39 is 0 Å². The largest absolute Gasteiger partial charge is 0.457 e. The second kappa shape index (κ2) is 11.1. The molecule has 0 radical (unpaired) electrons. The fourth-order valence-electron chi connectivity index (χ4n) is 4.05. The summed E-state index contributed by atoms with van der Waals surface area (Å²) < 4.78 is 12.1. The number of nitrogens with one attached hydrogen (secondary N) is 2. The summed E-state index contributed by atoms with van der Waals surface area (Å²) in [6.07, 6.45) is 3.29. The van der Waals surface area contributed by atoms with Gasteiger partial charge in [0.2, 0.25) is 5.95 Å². The molecule has 8 heteroatoms. The molecule has 0 atom stereocenters. The zero-order valence-corrected chi connectivity index (χ0v) is 20.7. The first-order chi connectivity index (χ1) is 18.0. The number of aryl methyl sites for hydroxylation is 1. The average Bonchev–Trinajstić information content (AvgIpc) is 2.90. The van der Waals surface area contributed by atoms with Gasteiger partial charge in [-0.3, -0.25) is 4.79 Å². The van der Waals surface area contributed by atoms with Crippen LogP contribution in [0.2, 0.25) is 0 Å². The summed E-state index contributed by atoms with van der Waals surface area (Å²) in [7, 11) is 0. The molecule has 4 N–H and O–H groups in total. The zero-order chi connectivity index (χ0) is 25.6. The smallest absolute Gasteiger partial charge is 0.251 e. The number of carbonyl (C=O) groups excluding carboxylic acids is 1. The van der Waals surface area contributed by atoms with Crippen molar-refractivity contribution in [3.63, 3.8) is 0 Å². The molecule has 2 aliphatic heterocycles. The van der Waals surface area contributed by atoms with Crippen LogP contribution in [0.15, 0.2) is 72.9 Å². The minimum Gasteiger partial charge on any atom is -0.457 e. The van der Waals surface area contributed by atoms with Crippen LogP contribution in [-0.4, -0.2) is 29.0 Å². The topological polar surface area (TPSA) is 111 Å². The zero-order valence-electron chi connectivity index (χ0n) is 20.7. The van der Waals surface area contributed by atoms with Crippen molar-refractivity contribution in [1.29, 1.82) is 0 Å². The highest BCUT2D eigenvalue weighted by atomic mass is 16.5. The van der Waals surface area contributed by atoms with Crippen LogP contribution in [0, 0.1) is 6.92 Å². The van der Waals surface area contributed by atoms with Gasteiger partial charge >= 0.3 is 0 Å². The molecule has 0 saturated heterocycles. The van der Waals surface area contributed by atoms with Gasteiger partial charge in [-0.1, -0.05) is 17.7 Å². The van der Waals surface area contributed by atoms with Gasteiger partial charge in [0.1, 0.15) is 11.5 Å². The number of nitrogens with zero attached hydrogens (tertiary/aromatic N) is 2. The Balaban J connectivity index is 1.46. The second-order valence-corrected chi connectivity index (χ2v) is 8.95. The van der Waals surface area contributed by atoms with E-state index in [-0.39, 0.29) is 5.91 Å². The molecule has 0 unspecified atom stereocenters. The molecule has 0 spiro atoms. The molecule has 8 nitrogen and oxygen atoms in total. The number of fused-ring (bicyclic) bond motifs is 9. The Labute approximate surface area is 215 Å². The quantitative estimate of drug-likeness (QED) is 0.310. The number of amides is 1. The number of benzene rings is 3. The summed E-state index contributed by atoms with van der Waals surface area (Å²) in [4.78, 5) is 21.6. The lowest BCUT2D eigenvalue weighted by Crippen LogP contribution is -2.24. The summed E-state index contributed by atoms with van der Waals surface area (Å²) in [5, 5.41) is 6.22. The van der Waals surface area contributed by atoms with E-state index in [1.54, 1.807) is 24.4 Å². The van der Waals surface area contributed by atoms with Crippen LogP contribution in [0.4, 0.5) is 17.3 Å². The molecule has 188 valence electrons. The number of nitrogens with two attached hydrogens (primary N) is 1. The predicted octanol–water partition coefficient (Wildman–Crippen LogP) is 5.61. The van der Waals surface area contributed by atoms with Crippen molar-refractivity contribution in [2.75, 3.05) is 24.2 Å². The molecule has 1 aromatic heterocycles. The number of rotatable bonds is 2. The van der Waals surface area contributed by atoms with Crippen molar-refractivity contribution in [3.05, 3.63) is 89.6 Å². The van der Waals surface area contributed by atoms with E-state index in [9.17, 15) is 4.79 Å². The van der Waals surface area contributed by atoms with Crippen LogP contribution in [0.3, 0.4) is 0 Å². The van der Waals surface area contributed by atoms with E-state index >= 15 is 0 Å². The molecule has 6 rings (SSSR count). The summed E-state index contributed by atoms with van der Waals surface area (Å²) in [5.74, 6) is 1.75. The third kappa shape index (κ3) is 6.05. The maximum Gasteiger partial charge on any atom is 0.251 e. The van der Waals surface area contributed by atoms with Crippen LogP contribution in [0.1, 0.15) is 34.3 Å². The van der Waals surface area contributed by atoms with E-state index in [1.165, 1.54) is 5.56 Å². The maximum atomic E-state index is 12.6. The molecular weight excluding hydrogens is 466 g/mol. The number of nitrogen functional groups attached to an aromatic ring is 1. The first-order valence-electron chi connectivity index (χ1n) is 12.3. The molecular formula is C29H29N5O3. The van der Waals surface area contributed by atoms with Crippen molar-refractivity contribution >= 4 is 23.2 Å². The predicted molar refractivity (Wildman–Crippen MR) is 144 cm³/mol. The Hall–Kier alpha value is -4.43. The van der Waals surface area contributed by atoms with Crippen molar-refractivity contribution < 1.29 is 14.3 Å². The third-order valence-corrected chi connectivity index (χ3v) is 6.07. The van der Waals surface area contributed by atoms with Crippen LogP contribution in [-0.2, 0) is 11.3 Å². The highest BCUT2D eigenvalue weighted by Crippen LogP contribution is 2.31. The van der Waals surface area contributed by atoms with E-state index in [2.05, 4.69) is 20.6 Å². The lowest BCUT2D eigenvalue weighted by atomic mass is 10.1. The van der Waals surface area contributed by atoms with Gasteiger partial charge in [0.05, 0.1) is 12.3 Å². The normalized spacial score (nSPS) is 14.0. The molecule has 0 saturated carbocycles. The molecule has 1 amide bonds. The molecule has 2 aliphatic rings. The first-order valence-corrected chi connectivity index (χ1v) is 12.3. The fourth-order valence-corrected chi connectivity index (χ4v) is 4.05. The number of hydrogen-bond donors (Lipinski definition) is 3. The van der Waals surface area contributed by atoms with Gasteiger partial charge in [-0.25, -0.2) is 9.97 Å². The molecule has 37 heavy (non-hydrogen) atoms. The molecule has 3 aromatic carbocycles. The van der Waals surface area contributed by atoms with E-state index in [4.69, 9.17) is 15.2 Å². The SMILES string of the molecule is Cc1ccc(Oc2ccc3cc2COCCCCNC(=O)c2ccc(c(N)c2)-c2ccnc(n2)N3)cc1. The Morgan fingerprint density at radius 1 is 1.00 bits per heavy atom. The number of hydrogen-bond acceptors (Lipinski definition) is 7. The van der Waals surface area contributed by atoms with Gasteiger partial charge in [0, 0.05) is 47.4 Å². The minimum atomic E-state index is -0.156. The van der Waals surface area contributed by atoms with Gasteiger partial charge in [-0.2, -0.15) is 0 Å². The monoisotopic (exact) mass is 495 g/mol. The molecule has 6 bridgehead atoms. The molecule has 0 aliphatic carbocycles. The lowest BCUT2D eigenvalue weighted by Gasteiger charge is -2.14. The van der Waals surface area contributed by atoms with E-state index in [0.29, 0.717) is 42.7 Å². The Bertz CT molecular complexity index is 1410. The summed E-state index contributed by atoms with van der Waals surface area (Å²) in [5.41, 5.74) is 11.5. The van der Waals surface area contributed by atoms with Crippen LogP contribution < -0.4 is 21.1 Å². The number of aromatic nitrogens is 2. The van der Waals surface area contributed by atoms with Crippen LogP contribution in [0.25, 0.3) is 11.3 Å². The van der Waals surface area contributed by atoms with E-state index in [1.807, 2.05) is 55.5 Å². The summed E-state index contributed by atoms with van der Waals surface area (Å²) in [6, 6.07) is 20.8. The van der Waals surface area contributed by atoms with E-state index in [0.717, 1.165) is 41.2 Å². The van der Waals surface area contributed by atoms with Crippen LogP contribution >= 0.6 is 0 Å². The number of anilines is 3. The van der Waals surface area contributed by atoms with Crippen molar-refractivity contribution in [2.45, 2.75) is 26.4 Å². The average molecular weight is 496 g/mol. The highest BCUT2D eigenvalue weighted by Gasteiger charge is 2.13.